The minimum atomic E-state index is -0.469. The molecular weight excluding hydrogens is 937 g/mol. The summed E-state index contributed by atoms with van der Waals surface area (Å²) in [6.07, 6.45) is 0. The lowest BCUT2D eigenvalue weighted by Gasteiger charge is -2.26. The van der Waals surface area contributed by atoms with Crippen molar-refractivity contribution in [1.82, 2.24) is 9.13 Å². The van der Waals surface area contributed by atoms with Gasteiger partial charge in [0.15, 0.2) is 0 Å². The van der Waals surface area contributed by atoms with Crippen LogP contribution in [0.25, 0.3) is 145 Å². The first-order valence-electron chi connectivity index (χ1n) is 26.8. The average molecular weight is 980 g/mol. The Morgan fingerprint density at radius 1 is 0.446 bits per heavy atom. The summed E-state index contributed by atoms with van der Waals surface area (Å²) in [6, 6.07) is 68.9. The zero-order valence-corrected chi connectivity index (χ0v) is 40.8. The van der Waals surface area contributed by atoms with Crippen LogP contribution in [0.1, 0.15) is 12.4 Å². The Morgan fingerprint density at radius 3 is 1.68 bits per heavy atom. The summed E-state index contributed by atoms with van der Waals surface area (Å²) < 4.78 is 53.0. The van der Waals surface area contributed by atoms with Gasteiger partial charge in [0.1, 0.15) is 6.07 Å². The van der Waals surface area contributed by atoms with Gasteiger partial charge in [0.25, 0.3) is 0 Å². The molecule has 0 bridgehead atoms. The third-order valence-corrected chi connectivity index (χ3v) is 17.0. The van der Waals surface area contributed by atoms with E-state index < -0.39 is 18.1 Å². The molecule has 0 saturated heterocycles. The molecule has 0 aliphatic heterocycles. The Bertz CT molecular complexity index is 5190. The van der Waals surface area contributed by atoms with E-state index in [1.807, 2.05) is 91.0 Å². The lowest BCUT2D eigenvalue weighted by molar-refractivity contribution is 1.14. The van der Waals surface area contributed by atoms with Crippen LogP contribution >= 0.6 is 22.7 Å². The largest absolute Gasteiger partial charge is 0.318 e. The molecule has 11 aromatic carbocycles. The smallest absolute Gasteiger partial charge is 0.220 e. The van der Waals surface area contributed by atoms with Crippen LogP contribution < -0.4 is 0 Å². The van der Waals surface area contributed by atoms with Gasteiger partial charge in [-0.05, 0) is 63.7 Å². The molecule has 0 aliphatic carbocycles. The summed E-state index contributed by atoms with van der Waals surface area (Å²) in [4.78, 5) is 4.55. The number of benzene rings is 11. The molecule has 6 heteroatoms. The monoisotopic (exact) mass is 979 g/mol. The number of rotatable bonds is 6. The van der Waals surface area contributed by atoms with Crippen molar-refractivity contribution >= 4 is 112 Å². The van der Waals surface area contributed by atoms with Crippen molar-refractivity contribution in [2.75, 3.05) is 0 Å². The van der Waals surface area contributed by atoms with Gasteiger partial charge in [-0.25, -0.2) is 4.85 Å². The first-order chi connectivity index (χ1) is 38.7. The van der Waals surface area contributed by atoms with Crippen molar-refractivity contribution in [2.45, 2.75) is 0 Å². The van der Waals surface area contributed by atoms with Crippen molar-refractivity contribution in [3.63, 3.8) is 0 Å². The molecule has 4 heterocycles. The van der Waals surface area contributed by atoms with E-state index in [-0.39, 0.29) is 23.3 Å². The van der Waals surface area contributed by atoms with Crippen LogP contribution in [0.2, 0.25) is 0 Å². The van der Waals surface area contributed by atoms with Gasteiger partial charge >= 0.3 is 0 Å². The molecule has 0 saturated carbocycles. The first-order valence-corrected chi connectivity index (χ1v) is 25.9. The Kier molecular flexibility index (Phi) is 8.31. The van der Waals surface area contributed by atoms with E-state index in [0.29, 0.717) is 44.7 Å². The van der Waals surface area contributed by atoms with Crippen molar-refractivity contribution in [1.29, 1.82) is 5.26 Å². The van der Waals surface area contributed by atoms with Crippen LogP contribution in [-0.2, 0) is 0 Å². The molecule has 15 rings (SSSR count). The van der Waals surface area contributed by atoms with Crippen LogP contribution in [0.3, 0.4) is 0 Å². The number of thiophene rings is 2. The van der Waals surface area contributed by atoms with Crippen molar-refractivity contribution < 1.29 is 6.85 Å². The van der Waals surface area contributed by atoms with Crippen LogP contribution in [0.15, 0.2) is 230 Å². The number of nitrogens with zero attached hydrogens (tertiary/aromatic N) is 4. The second kappa shape index (κ2) is 16.5. The normalized spacial score (nSPS) is 12.7. The van der Waals surface area contributed by atoms with Gasteiger partial charge in [-0.2, -0.15) is 5.26 Å². The second-order valence-electron chi connectivity index (χ2n) is 18.5. The van der Waals surface area contributed by atoms with E-state index in [9.17, 15) is 11.8 Å². The number of fused-ring (bicyclic) bond motifs is 14. The molecule has 0 spiro atoms. The van der Waals surface area contributed by atoms with E-state index in [1.165, 1.54) is 0 Å². The number of para-hydroxylation sites is 1. The van der Waals surface area contributed by atoms with Gasteiger partial charge < -0.3 is 9.13 Å². The summed E-state index contributed by atoms with van der Waals surface area (Å²) in [7, 11) is 0. The predicted molar refractivity (Wildman–Crippen MR) is 314 cm³/mol. The quantitative estimate of drug-likeness (QED) is 0.153. The van der Waals surface area contributed by atoms with E-state index in [2.05, 4.69) is 129 Å². The van der Waals surface area contributed by atoms with Crippen LogP contribution in [-0.4, -0.2) is 9.13 Å². The van der Waals surface area contributed by atoms with E-state index in [1.54, 1.807) is 22.7 Å². The topological polar surface area (TPSA) is 38.0 Å². The zero-order chi connectivity index (χ0) is 53.4. The highest BCUT2D eigenvalue weighted by molar-refractivity contribution is 7.27. The molecule has 74 heavy (non-hydrogen) atoms. The number of nitriles is 1. The van der Waals surface area contributed by atoms with Crippen molar-refractivity contribution in [2.24, 2.45) is 0 Å². The molecule has 342 valence electrons. The van der Waals surface area contributed by atoms with Gasteiger partial charge in [-0.3, -0.25) is 0 Å². The summed E-state index contributed by atoms with van der Waals surface area (Å²) >= 11 is 3.48. The molecule has 0 radical (unpaired) electrons. The van der Waals surface area contributed by atoms with Crippen LogP contribution in [0.5, 0.6) is 0 Å². The second-order valence-corrected chi connectivity index (χ2v) is 20.6. The summed E-state index contributed by atoms with van der Waals surface area (Å²) in [6.45, 7) is 9.48. The summed E-state index contributed by atoms with van der Waals surface area (Å²) in [5, 5.41) is 20.6. The molecule has 4 nitrogen and oxygen atoms in total. The maximum atomic E-state index is 12.4. The first kappa shape index (κ1) is 37.3. The predicted octanol–water partition coefficient (Wildman–Crippen LogP) is 19.7. The number of hydrogen-bond acceptors (Lipinski definition) is 3. The fraction of sp³-hybridized carbons (Fsp3) is 0. The minimum Gasteiger partial charge on any atom is -0.318 e. The third kappa shape index (κ3) is 6.05. The Morgan fingerprint density at radius 2 is 1.00 bits per heavy atom. The molecule has 15 aromatic rings. The van der Waals surface area contributed by atoms with E-state index >= 15 is 0 Å². The highest BCUT2D eigenvalue weighted by atomic mass is 32.1. The van der Waals surface area contributed by atoms with Crippen LogP contribution in [0.4, 0.5) is 5.69 Å². The Hall–Kier alpha value is -9.56. The minimum absolute atomic E-state index is 0.0723. The Labute approximate surface area is 440 Å². The summed E-state index contributed by atoms with van der Waals surface area (Å²) in [5.41, 5.74) is 10.2. The highest BCUT2D eigenvalue weighted by Crippen LogP contribution is 2.56. The molecule has 4 aromatic heterocycles. The molecular formula is C68H38N4S2. The van der Waals surface area contributed by atoms with Crippen LogP contribution in [0, 0.1) is 17.9 Å². The number of aromatic nitrogens is 2. The molecule has 0 atom stereocenters. The maximum absolute atomic E-state index is 12.4. The summed E-state index contributed by atoms with van der Waals surface area (Å²) in [5.74, 6) is 0. The van der Waals surface area contributed by atoms with Crippen molar-refractivity contribution in [3.8, 4) is 62.0 Å². The van der Waals surface area contributed by atoms with Crippen molar-refractivity contribution in [3.05, 3.63) is 247 Å². The lowest BCUT2D eigenvalue weighted by atomic mass is 9.88. The number of hydrogen-bond donors (Lipinski definition) is 0. The SMILES string of the molecule is [2H]c1c([2H])c([2H])c(-c2ccc3c4ccccc4n(-c4c([N+]#[C-])c(-c5ccccc5)c(C#N)c(-n5c6c(ccc7c8ccccc8sc76)c6c(-c7ccccc7)cc7c8ccccc8sc7c65)c4-c4ccccc4)c3c2)c([2H])c1[2H]. The molecule has 0 fully saturated rings. The standard InChI is InChI=1S/C68H38N4S2/c1-70-62-59(43-24-10-4-11-25-43)54(40-69)63(60(44-26-12-5-13-27-44)65(62)71-55-31-17-14-28-46(55)47-35-34-45(38-56(47)71)41-20-6-2-7-21-41)72-64-51(37-36-50-48-29-15-18-32-57(48)73-67(50)64)61-52(42-22-8-3-9-23-42)39-53-49-30-16-19-33-58(49)74-68(53)66(61)72/h2-39H/i2D,6D,7D,20D,21D. The van der Waals surface area contributed by atoms with Gasteiger partial charge in [0.05, 0.1) is 61.8 Å². The fourth-order valence-corrected chi connectivity index (χ4v) is 14.1. The van der Waals surface area contributed by atoms with Gasteiger partial charge in [0.2, 0.25) is 5.69 Å². The molecule has 0 unspecified atom stereocenters. The zero-order valence-electron chi connectivity index (χ0n) is 44.2. The highest BCUT2D eigenvalue weighted by Gasteiger charge is 2.34. The molecule has 0 amide bonds. The van der Waals surface area contributed by atoms with Gasteiger partial charge in [-0.15, -0.1) is 22.7 Å². The lowest BCUT2D eigenvalue weighted by Crippen LogP contribution is -2.09. The fourth-order valence-electron chi connectivity index (χ4n) is 11.6. The third-order valence-electron chi connectivity index (χ3n) is 14.6. The van der Waals surface area contributed by atoms with Gasteiger partial charge in [-0.1, -0.05) is 200 Å². The average Bonchev–Trinajstić information content (AvgIpc) is 2.67. The Balaban J connectivity index is 1.24. The molecule has 0 aliphatic rings. The van der Waals surface area contributed by atoms with E-state index in [0.717, 1.165) is 95.1 Å². The maximum Gasteiger partial charge on any atom is 0.220 e. The van der Waals surface area contributed by atoms with Gasteiger partial charge in [0, 0.05) is 63.6 Å². The molecule has 0 N–H and O–H groups in total. The van der Waals surface area contributed by atoms with E-state index in [4.69, 9.17) is 6.85 Å².